The smallest absolute Gasteiger partial charge is 0.421 e. The van der Waals surface area contributed by atoms with E-state index in [1.807, 2.05) is 0 Å². The van der Waals surface area contributed by atoms with Crippen LogP contribution >= 0.6 is 0 Å². The Hall–Kier alpha value is -5.76. The molecule has 0 saturated carbocycles. The van der Waals surface area contributed by atoms with Gasteiger partial charge < -0.3 is 39.0 Å². The molecule has 2 amide bonds. The second kappa shape index (κ2) is 18.7. The van der Waals surface area contributed by atoms with E-state index in [2.05, 4.69) is 20.4 Å². The predicted octanol–water partition coefficient (Wildman–Crippen LogP) is 4.09. The van der Waals surface area contributed by atoms with E-state index in [4.69, 9.17) is 29.2 Å². The lowest BCUT2D eigenvalue weighted by Crippen LogP contribution is -2.34. The first-order valence-corrected chi connectivity index (χ1v) is 17.0. The molecule has 300 valence electrons. The van der Waals surface area contributed by atoms with E-state index in [1.165, 1.54) is 9.80 Å². The largest absolute Gasteiger partial charge is 0.484 e. The lowest BCUT2D eigenvalue weighted by molar-refractivity contribution is -0.140. The van der Waals surface area contributed by atoms with Crippen molar-refractivity contribution in [3.05, 3.63) is 95.3 Å². The number of amides is 2. The first kappa shape index (κ1) is 41.4. The highest BCUT2D eigenvalue weighted by Crippen LogP contribution is 2.36. The van der Waals surface area contributed by atoms with E-state index in [0.717, 1.165) is 35.7 Å². The van der Waals surface area contributed by atoms with Gasteiger partial charge in [0.15, 0.2) is 13.2 Å². The van der Waals surface area contributed by atoms with Crippen molar-refractivity contribution in [2.45, 2.75) is 50.6 Å². The third-order valence-corrected chi connectivity index (χ3v) is 8.47. The van der Waals surface area contributed by atoms with Crippen molar-refractivity contribution in [2.75, 3.05) is 39.4 Å². The Bertz CT molecular complexity index is 1770. The van der Waals surface area contributed by atoms with Gasteiger partial charge in [0.05, 0.1) is 38.7 Å². The molecule has 4 aromatic rings. The lowest BCUT2D eigenvalue weighted by Gasteiger charge is -2.18. The van der Waals surface area contributed by atoms with Gasteiger partial charge in [0, 0.05) is 25.9 Å². The fraction of sp³-hybridized carbons (Fsp3) is 0.389. The van der Waals surface area contributed by atoms with Crippen LogP contribution in [0.5, 0.6) is 23.3 Å². The maximum atomic E-state index is 13.0. The highest BCUT2D eigenvalue weighted by Gasteiger charge is 2.38. The molecule has 2 N–H and O–H groups in total. The molecule has 2 aromatic heterocycles. The van der Waals surface area contributed by atoms with Crippen molar-refractivity contribution in [1.82, 2.24) is 30.2 Å². The van der Waals surface area contributed by atoms with Gasteiger partial charge in [-0.05, 0) is 47.5 Å². The first-order chi connectivity index (χ1) is 26.7. The number of halogens is 6. The third kappa shape index (κ3) is 11.6. The van der Waals surface area contributed by atoms with Crippen LogP contribution < -0.4 is 18.9 Å². The van der Waals surface area contributed by atoms with Gasteiger partial charge in [-0.2, -0.15) is 36.5 Å². The number of aliphatic hydroxyl groups is 2. The highest BCUT2D eigenvalue weighted by molar-refractivity contribution is 5.78. The van der Waals surface area contributed by atoms with Crippen molar-refractivity contribution in [2.24, 2.45) is 0 Å². The molecule has 6 rings (SSSR count). The molecular formula is C36H36F6N6O8. The molecule has 2 atom stereocenters. The monoisotopic (exact) mass is 794 g/mol. The number of aromatic nitrogens is 4. The van der Waals surface area contributed by atoms with E-state index in [-0.39, 0.29) is 51.3 Å². The number of benzene rings is 2. The summed E-state index contributed by atoms with van der Waals surface area (Å²) in [6.45, 7) is 0.385. The van der Waals surface area contributed by atoms with Gasteiger partial charge in [-0.25, -0.2) is 0 Å². The summed E-state index contributed by atoms with van der Waals surface area (Å²) < 4.78 is 99.5. The Labute approximate surface area is 315 Å². The third-order valence-electron chi connectivity index (χ3n) is 8.47. The molecule has 2 aliphatic heterocycles. The van der Waals surface area contributed by atoms with Gasteiger partial charge in [0.25, 0.3) is 11.8 Å². The van der Waals surface area contributed by atoms with Crippen molar-refractivity contribution in [3.8, 4) is 23.3 Å². The van der Waals surface area contributed by atoms with Crippen molar-refractivity contribution in [3.63, 3.8) is 0 Å². The summed E-state index contributed by atoms with van der Waals surface area (Å²) in [5.74, 6) is -0.817. The summed E-state index contributed by atoms with van der Waals surface area (Å²) in [4.78, 5) is 27.5. The van der Waals surface area contributed by atoms with Gasteiger partial charge in [0.2, 0.25) is 11.8 Å². The zero-order valence-corrected chi connectivity index (χ0v) is 29.4. The van der Waals surface area contributed by atoms with Crippen LogP contribution in [0.1, 0.15) is 35.1 Å². The second-order valence-corrected chi connectivity index (χ2v) is 12.4. The average Bonchev–Trinajstić information content (AvgIpc) is 3.86. The minimum Gasteiger partial charge on any atom is -0.484 e. The predicted molar refractivity (Wildman–Crippen MR) is 181 cm³/mol. The minimum atomic E-state index is -4.60. The summed E-state index contributed by atoms with van der Waals surface area (Å²) in [7, 11) is 0. The van der Waals surface area contributed by atoms with E-state index in [9.17, 15) is 35.9 Å². The van der Waals surface area contributed by atoms with E-state index in [1.54, 1.807) is 48.5 Å². The number of alkyl halides is 6. The fourth-order valence-corrected chi connectivity index (χ4v) is 5.52. The SMILES string of the molecule is O=C(COc1ccc(CO)cc1)N1CC[C@@H](Oc2nnccc2C(F)(F)F)C1.O=C(COc1ccc(CO)cc1)N1CC[C@H](Oc2nnccc2C(F)(F)F)C1. The van der Waals surface area contributed by atoms with Gasteiger partial charge >= 0.3 is 12.4 Å². The summed E-state index contributed by atoms with van der Waals surface area (Å²) >= 11 is 0. The molecule has 0 unspecified atom stereocenters. The molecule has 2 fully saturated rings. The quantitative estimate of drug-likeness (QED) is 0.198. The molecule has 0 spiro atoms. The zero-order valence-electron chi connectivity index (χ0n) is 29.4. The van der Waals surface area contributed by atoms with Gasteiger partial charge in [0.1, 0.15) is 34.8 Å². The number of ether oxygens (including phenoxy) is 4. The maximum Gasteiger partial charge on any atom is 0.421 e. The number of hydrogen-bond donors (Lipinski definition) is 2. The number of hydrogen-bond acceptors (Lipinski definition) is 12. The topological polar surface area (TPSA) is 170 Å². The summed E-state index contributed by atoms with van der Waals surface area (Å²) in [6, 6.07) is 14.9. The molecule has 0 aliphatic carbocycles. The Kier molecular flexibility index (Phi) is 13.8. The molecule has 2 aromatic carbocycles. The van der Waals surface area contributed by atoms with Crippen LogP contribution in [0.25, 0.3) is 0 Å². The number of carbonyl (C=O) groups is 2. The van der Waals surface area contributed by atoms with E-state index >= 15 is 0 Å². The second-order valence-electron chi connectivity index (χ2n) is 12.4. The van der Waals surface area contributed by atoms with Gasteiger partial charge in [-0.15, -0.1) is 10.2 Å². The number of carbonyl (C=O) groups excluding carboxylic acids is 2. The van der Waals surface area contributed by atoms with E-state index in [0.29, 0.717) is 37.4 Å². The molecule has 2 aliphatic rings. The number of rotatable bonds is 12. The molecule has 0 bridgehead atoms. The molecule has 0 radical (unpaired) electrons. The van der Waals surface area contributed by atoms with Crippen LogP contribution in [0.4, 0.5) is 26.3 Å². The van der Waals surface area contributed by atoms with Crippen LogP contribution in [-0.2, 0) is 35.2 Å². The molecule has 2 saturated heterocycles. The van der Waals surface area contributed by atoms with E-state index < -0.39 is 47.4 Å². The molecule has 14 nitrogen and oxygen atoms in total. The van der Waals surface area contributed by atoms with Crippen LogP contribution in [0.2, 0.25) is 0 Å². The minimum absolute atomic E-state index is 0.0871. The number of nitrogens with zero attached hydrogens (tertiary/aromatic N) is 6. The van der Waals surface area contributed by atoms with Gasteiger partial charge in [-0.1, -0.05) is 24.3 Å². The first-order valence-electron chi connectivity index (χ1n) is 17.0. The Morgan fingerprint density at radius 2 is 1.00 bits per heavy atom. The molecule has 20 heteroatoms. The summed E-state index contributed by atoms with van der Waals surface area (Å²) in [6.07, 6.45) is -7.75. The van der Waals surface area contributed by atoms with Crippen molar-refractivity contribution in [1.29, 1.82) is 0 Å². The summed E-state index contributed by atoms with van der Waals surface area (Å²) in [5, 5.41) is 31.7. The maximum absolute atomic E-state index is 13.0. The van der Waals surface area contributed by atoms with Crippen LogP contribution in [0.3, 0.4) is 0 Å². The average molecular weight is 795 g/mol. The molecule has 4 heterocycles. The zero-order chi connectivity index (χ0) is 40.3. The van der Waals surface area contributed by atoms with Crippen LogP contribution in [0, 0.1) is 0 Å². The van der Waals surface area contributed by atoms with Crippen molar-refractivity contribution < 1.29 is 65.1 Å². The Balaban J connectivity index is 0.000000214. The standard InChI is InChI=1S/2C18H18F3N3O4/c2*19-18(20,21)15-5-7-22-23-17(15)28-14-6-8-24(9-14)16(26)11-27-13-3-1-12(10-25)2-4-13/h2*1-5,7,14,25H,6,8-11H2/t2*14-/m10/s1. The summed E-state index contributed by atoms with van der Waals surface area (Å²) in [5.41, 5.74) is -0.551. The Morgan fingerprint density at radius 3 is 1.34 bits per heavy atom. The fourth-order valence-electron chi connectivity index (χ4n) is 5.52. The van der Waals surface area contributed by atoms with Gasteiger partial charge in [-0.3, -0.25) is 9.59 Å². The number of likely N-dealkylation sites (tertiary alicyclic amines) is 2. The molecule has 56 heavy (non-hydrogen) atoms. The Morgan fingerprint density at radius 1 is 0.625 bits per heavy atom. The lowest BCUT2D eigenvalue weighted by atomic mass is 10.2. The molecular weight excluding hydrogens is 758 g/mol. The normalized spacial score (nSPS) is 16.9. The van der Waals surface area contributed by atoms with Crippen LogP contribution in [0.15, 0.2) is 73.1 Å². The highest BCUT2D eigenvalue weighted by atomic mass is 19.4. The van der Waals surface area contributed by atoms with Crippen molar-refractivity contribution >= 4 is 11.8 Å². The number of aliphatic hydroxyl groups excluding tert-OH is 2. The van der Waals surface area contributed by atoms with Crippen LogP contribution in [-0.4, -0.2) is 104 Å².